The van der Waals surface area contributed by atoms with Gasteiger partial charge in [0.2, 0.25) is 5.91 Å². The summed E-state index contributed by atoms with van der Waals surface area (Å²) in [5.74, 6) is -3.42. The maximum absolute atomic E-state index is 13.9. The second kappa shape index (κ2) is 9.56. The number of H-pyrrole nitrogens is 1. The number of rotatable bonds is 5. The minimum atomic E-state index is -1.06. The van der Waals surface area contributed by atoms with E-state index in [4.69, 9.17) is 17.3 Å². The molecular weight excluding hydrogens is 480 g/mol. The normalized spacial score (nSPS) is 22.6. The molecule has 2 heterocycles. The van der Waals surface area contributed by atoms with E-state index in [-0.39, 0.29) is 46.0 Å². The lowest BCUT2D eigenvalue weighted by atomic mass is 9.67. The van der Waals surface area contributed by atoms with Crippen molar-refractivity contribution in [1.29, 1.82) is 0 Å². The van der Waals surface area contributed by atoms with Crippen LogP contribution < -0.4 is 10.6 Å². The Kier molecular flexibility index (Phi) is 6.86. The molecule has 0 unspecified atom stereocenters. The Hall–Kier alpha value is -3.01. The average molecular weight is 508 g/mol. The third kappa shape index (κ3) is 4.51. The molecule has 35 heavy (non-hydrogen) atoms. The summed E-state index contributed by atoms with van der Waals surface area (Å²) in [5, 5.41) is -0.00984. The number of halogens is 3. The van der Waals surface area contributed by atoms with Crippen LogP contribution in [0.5, 0.6) is 0 Å². The Balaban J connectivity index is 1.54. The van der Waals surface area contributed by atoms with Crippen molar-refractivity contribution in [3.05, 3.63) is 46.5 Å². The van der Waals surface area contributed by atoms with E-state index >= 15 is 0 Å². The van der Waals surface area contributed by atoms with E-state index in [1.54, 1.807) is 4.90 Å². The van der Waals surface area contributed by atoms with Crippen LogP contribution in [0.2, 0.25) is 5.02 Å². The van der Waals surface area contributed by atoms with E-state index < -0.39 is 23.0 Å². The van der Waals surface area contributed by atoms with Crippen LogP contribution in [0.3, 0.4) is 0 Å². The number of hydrogen-bond donors (Lipinski definition) is 2. The summed E-state index contributed by atoms with van der Waals surface area (Å²) in [4.78, 5) is 48.4. The summed E-state index contributed by atoms with van der Waals surface area (Å²) in [6, 6.07) is 1.55. The summed E-state index contributed by atoms with van der Waals surface area (Å²) in [7, 11) is 0. The van der Waals surface area contributed by atoms with Gasteiger partial charge in [-0.25, -0.2) is 13.8 Å². The molecule has 11 heteroatoms. The molecule has 3 amide bonds. The van der Waals surface area contributed by atoms with Crippen LogP contribution in [0, 0.1) is 17.0 Å². The molecule has 1 saturated heterocycles. The second-order valence-electron chi connectivity index (χ2n) is 9.59. The summed E-state index contributed by atoms with van der Waals surface area (Å²) in [5.41, 5.74) is 4.84. The number of nitrogens with zero attached hydrogens (tertiary/aromatic N) is 3. The van der Waals surface area contributed by atoms with Crippen molar-refractivity contribution in [3.63, 3.8) is 0 Å². The number of amides is 3. The predicted octanol–water partition coefficient (Wildman–Crippen LogP) is 4.05. The highest BCUT2D eigenvalue weighted by Crippen LogP contribution is 2.47. The number of benzene rings is 1. The Labute approximate surface area is 206 Å². The van der Waals surface area contributed by atoms with Crippen LogP contribution >= 0.6 is 11.6 Å². The summed E-state index contributed by atoms with van der Waals surface area (Å²) in [6.45, 7) is 4.16. The SMILES string of the molecule is CC(C)N(C(=O)c1[nH]cnc1C(N)=O)C1CCC2(CCCN(c3cc(F)c(F)cc3Cl)C2=O)CC1. The molecule has 2 aromatic rings. The van der Waals surface area contributed by atoms with Crippen molar-refractivity contribution in [2.75, 3.05) is 11.4 Å². The van der Waals surface area contributed by atoms with Gasteiger partial charge in [0.25, 0.3) is 11.8 Å². The van der Waals surface area contributed by atoms with E-state index in [0.29, 0.717) is 45.1 Å². The molecule has 8 nitrogen and oxygen atoms in total. The number of hydrogen-bond acceptors (Lipinski definition) is 4. The molecule has 2 fully saturated rings. The van der Waals surface area contributed by atoms with Gasteiger partial charge >= 0.3 is 0 Å². The van der Waals surface area contributed by atoms with Crippen molar-refractivity contribution in [2.24, 2.45) is 11.1 Å². The highest BCUT2D eigenvalue weighted by atomic mass is 35.5. The van der Waals surface area contributed by atoms with Crippen LogP contribution in [0.25, 0.3) is 0 Å². The summed E-state index contributed by atoms with van der Waals surface area (Å²) in [6.07, 6.45) is 4.88. The fraction of sp³-hybridized carbons (Fsp3) is 0.500. The Bertz CT molecular complexity index is 1160. The zero-order valence-corrected chi connectivity index (χ0v) is 20.4. The molecule has 188 valence electrons. The molecule has 1 aromatic heterocycles. The van der Waals surface area contributed by atoms with Gasteiger partial charge in [0.1, 0.15) is 5.69 Å². The number of piperidine rings is 1. The number of nitrogens with one attached hydrogen (secondary N) is 1. The smallest absolute Gasteiger partial charge is 0.273 e. The maximum atomic E-state index is 13.9. The molecule has 4 rings (SSSR count). The fourth-order valence-electron chi connectivity index (χ4n) is 5.51. The van der Waals surface area contributed by atoms with E-state index in [0.717, 1.165) is 12.1 Å². The zero-order chi connectivity index (χ0) is 25.5. The van der Waals surface area contributed by atoms with Gasteiger partial charge in [0.05, 0.1) is 17.0 Å². The fourth-order valence-corrected chi connectivity index (χ4v) is 5.76. The van der Waals surface area contributed by atoms with Gasteiger partial charge in [0, 0.05) is 30.1 Å². The molecule has 0 atom stereocenters. The zero-order valence-electron chi connectivity index (χ0n) is 19.6. The number of carbonyl (C=O) groups excluding carboxylic acids is 3. The number of anilines is 1. The van der Waals surface area contributed by atoms with Crippen LogP contribution in [-0.2, 0) is 4.79 Å². The van der Waals surface area contributed by atoms with Crippen LogP contribution in [0.1, 0.15) is 73.3 Å². The average Bonchev–Trinajstić information content (AvgIpc) is 3.30. The highest BCUT2D eigenvalue weighted by molar-refractivity contribution is 6.33. The van der Waals surface area contributed by atoms with Gasteiger partial charge < -0.3 is 20.5 Å². The number of aromatic nitrogens is 2. The Morgan fingerprint density at radius 3 is 2.51 bits per heavy atom. The van der Waals surface area contributed by atoms with Gasteiger partial charge in [0.15, 0.2) is 17.3 Å². The molecule has 1 spiro atoms. The standard InChI is InChI=1S/C24H28ClF2N5O3/c1-13(2)32(22(34)20-19(21(28)33)29-12-30-20)14-4-7-24(8-5-14)6-3-9-31(23(24)35)18-11-17(27)16(26)10-15(18)25/h10-14H,3-9H2,1-2H3,(H2,28,33)(H,29,30). The molecule has 1 saturated carbocycles. The monoisotopic (exact) mass is 507 g/mol. The number of imidazole rings is 1. The summed E-state index contributed by atoms with van der Waals surface area (Å²) >= 11 is 6.16. The topological polar surface area (TPSA) is 112 Å². The molecule has 1 aliphatic carbocycles. The Morgan fingerprint density at radius 1 is 1.23 bits per heavy atom. The third-order valence-corrected chi connectivity index (χ3v) is 7.50. The minimum Gasteiger partial charge on any atom is -0.364 e. The molecule has 1 aromatic carbocycles. The van der Waals surface area contributed by atoms with Crippen molar-refractivity contribution in [3.8, 4) is 0 Å². The van der Waals surface area contributed by atoms with Gasteiger partial charge in [-0.15, -0.1) is 0 Å². The van der Waals surface area contributed by atoms with E-state index in [2.05, 4.69) is 9.97 Å². The molecule has 0 bridgehead atoms. The first-order valence-electron chi connectivity index (χ1n) is 11.7. The molecular formula is C24H28ClF2N5O3. The van der Waals surface area contributed by atoms with Crippen molar-refractivity contribution >= 4 is 35.0 Å². The minimum absolute atomic E-state index is 0.00984. The van der Waals surface area contributed by atoms with E-state index in [1.807, 2.05) is 13.8 Å². The van der Waals surface area contributed by atoms with Gasteiger partial charge in [-0.3, -0.25) is 14.4 Å². The Morgan fingerprint density at radius 2 is 1.89 bits per heavy atom. The summed E-state index contributed by atoms with van der Waals surface area (Å²) < 4.78 is 27.5. The molecule has 2 aliphatic rings. The third-order valence-electron chi connectivity index (χ3n) is 7.20. The number of aromatic amines is 1. The van der Waals surface area contributed by atoms with E-state index in [9.17, 15) is 23.2 Å². The quantitative estimate of drug-likeness (QED) is 0.594. The number of nitrogens with two attached hydrogens (primary N) is 1. The highest BCUT2D eigenvalue weighted by Gasteiger charge is 2.48. The first kappa shape index (κ1) is 25.1. The lowest BCUT2D eigenvalue weighted by Crippen LogP contribution is -2.54. The van der Waals surface area contributed by atoms with Crippen molar-refractivity contribution < 1.29 is 23.2 Å². The number of carbonyl (C=O) groups is 3. The van der Waals surface area contributed by atoms with Crippen LogP contribution in [-0.4, -0.2) is 51.2 Å². The lowest BCUT2D eigenvalue weighted by Gasteiger charge is -2.48. The van der Waals surface area contributed by atoms with E-state index in [1.165, 1.54) is 11.2 Å². The van der Waals surface area contributed by atoms with Crippen LogP contribution in [0.15, 0.2) is 18.5 Å². The molecule has 0 radical (unpaired) electrons. The van der Waals surface area contributed by atoms with Crippen molar-refractivity contribution in [2.45, 2.75) is 64.5 Å². The van der Waals surface area contributed by atoms with Crippen LogP contribution in [0.4, 0.5) is 14.5 Å². The van der Waals surface area contributed by atoms with Gasteiger partial charge in [-0.1, -0.05) is 11.6 Å². The molecule has 3 N–H and O–H groups in total. The van der Waals surface area contributed by atoms with Gasteiger partial charge in [-0.05, 0) is 58.4 Å². The predicted molar refractivity (Wildman–Crippen MR) is 126 cm³/mol. The lowest BCUT2D eigenvalue weighted by molar-refractivity contribution is -0.133. The van der Waals surface area contributed by atoms with Crippen molar-refractivity contribution in [1.82, 2.24) is 14.9 Å². The molecule has 1 aliphatic heterocycles. The first-order chi connectivity index (χ1) is 16.6. The first-order valence-corrected chi connectivity index (χ1v) is 12.1. The largest absolute Gasteiger partial charge is 0.364 e. The van der Waals surface area contributed by atoms with Gasteiger partial charge in [-0.2, -0.15) is 0 Å². The second-order valence-corrected chi connectivity index (χ2v) is 9.99. The maximum Gasteiger partial charge on any atom is 0.273 e. The number of primary amides is 1.